The van der Waals surface area contributed by atoms with E-state index in [0.717, 1.165) is 82.5 Å². The third-order valence-corrected chi connectivity index (χ3v) is 9.82. The number of nitrogens with one attached hydrogen (secondary N) is 4. The Balaban J connectivity index is 1.02. The molecule has 2 aliphatic rings. The van der Waals surface area contributed by atoms with Gasteiger partial charge in [0.1, 0.15) is 12.4 Å². The van der Waals surface area contributed by atoms with E-state index in [1.807, 2.05) is 72.5 Å². The van der Waals surface area contributed by atoms with Gasteiger partial charge in [0.25, 0.3) is 5.91 Å². The molecule has 5 aromatic rings. The van der Waals surface area contributed by atoms with Crippen LogP contribution in [0.5, 0.6) is 0 Å². The number of anilines is 4. The van der Waals surface area contributed by atoms with Crippen LogP contribution in [0.3, 0.4) is 0 Å². The highest BCUT2D eigenvalue weighted by molar-refractivity contribution is 7.18. The Morgan fingerprint density at radius 3 is 2.54 bits per heavy atom. The molecule has 11 nitrogen and oxygen atoms in total. The number of rotatable bonds is 11. The number of aryl methyl sites for hydroxylation is 1. The van der Waals surface area contributed by atoms with Crippen LogP contribution in [-0.2, 0) is 11.3 Å². The average Bonchev–Trinajstić information content (AvgIpc) is 3.72. The summed E-state index contributed by atoms with van der Waals surface area (Å²) in [6.07, 6.45) is 1.13. The molecule has 0 saturated carbocycles. The van der Waals surface area contributed by atoms with Crippen molar-refractivity contribution >= 4 is 56.1 Å². The predicted octanol–water partition coefficient (Wildman–Crippen LogP) is 6.43. The summed E-state index contributed by atoms with van der Waals surface area (Å²) in [6.45, 7) is 10.8. The smallest absolute Gasteiger partial charge is 0.253 e. The zero-order chi connectivity index (χ0) is 33.2. The van der Waals surface area contributed by atoms with Gasteiger partial charge in [0, 0.05) is 71.3 Å². The summed E-state index contributed by atoms with van der Waals surface area (Å²) in [5.41, 5.74) is 8.23. The Kier molecular flexibility index (Phi) is 9.02. The van der Waals surface area contributed by atoms with Gasteiger partial charge in [-0.1, -0.05) is 19.1 Å². The molecule has 2 saturated heterocycles. The normalized spacial score (nSPS) is 17.7. The van der Waals surface area contributed by atoms with Crippen LogP contribution in [0.15, 0.2) is 72.4 Å². The third-order valence-electron chi connectivity index (χ3n) is 8.82. The Labute approximate surface area is 283 Å². The maximum Gasteiger partial charge on any atom is 0.253 e. The minimum atomic E-state index is -0.254. The topological polar surface area (TPSA) is 135 Å². The summed E-state index contributed by atoms with van der Waals surface area (Å²) in [5.74, 6) is 0.780. The van der Waals surface area contributed by atoms with Crippen LogP contribution in [0.25, 0.3) is 10.2 Å². The molecule has 0 radical (unpaired) electrons. The lowest BCUT2D eigenvalue weighted by atomic mass is 10.1. The van der Waals surface area contributed by atoms with Gasteiger partial charge < -0.3 is 35.9 Å². The maximum absolute atomic E-state index is 13.1. The van der Waals surface area contributed by atoms with E-state index in [4.69, 9.17) is 10.1 Å². The van der Waals surface area contributed by atoms with Crippen LogP contribution in [0.1, 0.15) is 52.8 Å². The van der Waals surface area contributed by atoms with Crippen molar-refractivity contribution in [1.29, 1.82) is 5.41 Å². The van der Waals surface area contributed by atoms with E-state index >= 15 is 0 Å². The SMILES string of the molecule is CCN1CCN(C(=O)c2ccc(Nc3ncnc4c(C5OC5Nc5cccc(NCc6cccc(C)n6)c5C(C)=N)csc34)cc2)CC1. The molecule has 0 bridgehead atoms. The number of aromatic nitrogens is 3. The molecule has 48 heavy (non-hydrogen) atoms. The molecule has 0 aliphatic carbocycles. The van der Waals surface area contributed by atoms with Crippen LogP contribution in [0.2, 0.25) is 0 Å². The number of amides is 1. The van der Waals surface area contributed by atoms with Crippen LogP contribution in [0.4, 0.5) is 22.9 Å². The second-order valence-corrected chi connectivity index (χ2v) is 13.0. The molecule has 5 heterocycles. The maximum atomic E-state index is 13.1. The number of epoxide rings is 1. The standard InChI is InChI=1S/C36H39N9O2S/c1-4-44-15-17-45(18-16-44)36(46)24-11-13-25(14-12-24)42-34-33-31(39-21-40-34)27(20-48-33)32-35(47-32)43-29-10-6-9-28(30(29)23(3)37)38-19-26-8-5-7-22(2)41-26/h5-14,20-21,32,35,37-38,43H,4,15-19H2,1-3H3,(H,39,40,42). The number of thiophene rings is 1. The molecular formula is C36H39N9O2S. The Hall–Kier alpha value is -4.91. The van der Waals surface area contributed by atoms with Gasteiger partial charge in [-0.05, 0) is 74.3 Å². The minimum absolute atomic E-state index is 0.0719. The summed E-state index contributed by atoms with van der Waals surface area (Å²) >= 11 is 1.57. The van der Waals surface area contributed by atoms with Gasteiger partial charge in [-0.15, -0.1) is 11.3 Å². The van der Waals surface area contributed by atoms with Gasteiger partial charge in [0.15, 0.2) is 12.0 Å². The van der Waals surface area contributed by atoms with Crippen LogP contribution in [0, 0.1) is 12.3 Å². The number of piperazine rings is 1. The molecule has 2 fully saturated rings. The second-order valence-electron chi connectivity index (χ2n) is 12.1. The fourth-order valence-electron chi connectivity index (χ4n) is 6.16. The van der Waals surface area contributed by atoms with Crippen LogP contribution < -0.4 is 16.0 Å². The van der Waals surface area contributed by atoms with Crippen molar-refractivity contribution in [2.24, 2.45) is 0 Å². The molecule has 246 valence electrons. The van der Waals surface area contributed by atoms with Crippen molar-refractivity contribution in [2.75, 3.05) is 48.7 Å². The number of benzene rings is 2. The monoisotopic (exact) mass is 661 g/mol. The predicted molar refractivity (Wildman–Crippen MR) is 192 cm³/mol. The number of nitrogens with zero attached hydrogens (tertiary/aromatic N) is 5. The number of ether oxygens (including phenoxy) is 1. The molecule has 3 aromatic heterocycles. The van der Waals surface area contributed by atoms with Gasteiger partial charge in [-0.2, -0.15) is 0 Å². The van der Waals surface area contributed by atoms with E-state index in [2.05, 4.69) is 48.1 Å². The van der Waals surface area contributed by atoms with E-state index in [-0.39, 0.29) is 18.2 Å². The van der Waals surface area contributed by atoms with Crippen LogP contribution in [-0.4, -0.2) is 75.3 Å². The quantitative estimate of drug-likeness (QED) is 0.0934. The number of hydrogen-bond acceptors (Lipinski definition) is 11. The largest absolute Gasteiger partial charge is 0.379 e. The number of hydrogen-bond donors (Lipinski definition) is 4. The molecule has 0 spiro atoms. The fraction of sp³-hybridized carbons (Fsp3) is 0.306. The fourth-order valence-corrected chi connectivity index (χ4v) is 7.15. The second kappa shape index (κ2) is 13.7. The van der Waals surface area contributed by atoms with Crippen molar-refractivity contribution in [3.63, 3.8) is 0 Å². The van der Waals surface area contributed by atoms with E-state index in [1.54, 1.807) is 24.6 Å². The average molecular weight is 662 g/mol. The number of likely N-dealkylation sites (N-methyl/N-ethyl adjacent to an activating group) is 1. The van der Waals surface area contributed by atoms with E-state index in [1.165, 1.54) is 0 Å². The molecule has 12 heteroatoms. The lowest BCUT2D eigenvalue weighted by molar-refractivity contribution is 0.0643. The van der Waals surface area contributed by atoms with Crippen molar-refractivity contribution in [2.45, 2.75) is 39.6 Å². The first-order valence-corrected chi connectivity index (χ1v) is 17.1. The first-order chi connectivity index (χ1) is 23.4. The van der Waals surface area contributed by atoms with Gasteiger partial charge in [-0.3, -0.25) is 9.78 Å². The van der Waals surface area contributed by atoms with Gasteiger partial charge in [0.05, 0.1) is 22.5 Å². The van der Waals surface area contributed by atoms with Gasteiger partial charge in [-0.25, -0.2) is 9.97 Å². The Morgan fingerprint density at radius 1 is 1.02 bits per heavy atom. The molecule has 2 unspecified atom stereocenters. The Bertz CT molecular complexity index is 1950. The summed E-state index contributed by atoms with van der Waals surface area (Å²) in [4.78, 5) is 31.1. The van der Waals surface area contributed by atoms with Crippen molar-refractivity contribution in [1.82, 2.24) is 24.8 Å². The van der Waals surface area contributed by atoms with E-state index in [9.17, 15) is 4.79 Å². The molecule has 2 aliphatic heterocycles. The lowest BCUT2D eigenvalue weighted by Crippen LogP contribution is -2.48. The molecule has 1 amide bonds. The zero-order valence-corrected chi connectivity index (χ0v) is 28.1. The van der Waals surface area contributed by atoms with Crippen molar-refractivity contribution in [3.8, 4) is 0 Å². The molecule has 2 aromatic carbocycles. The summed E-state index contributed by atoms with van der Waals surface area (Å²) in [6, 6.07) is 19.5. The highest BCUT2D eigenvalue weighted by Crippen LogP contribution is 2.45. The van der Waals surface area contributed by atoms with Crippen molar-refractivity contribution in [3.05, 3.63) is 100 Å². The number of pyridine rings is 1. The minimum Gasteiger partial charge on any atom is -0.379 e. The number of fused-ring (bicyclic) bond motifs is 1. The number of carbonyl (C=O) groups is 1. The third kappa shape index (κ3) is 6.73. The molecule has 7 rings (SSSR count). The summed E-state index contributed by atoms with van der Waals surface area (Å²) in [5, 5.41) is 21.0. The van der Waals surface area contributed by atoms with Crippen LogP contribution >= 0.6 is 11.3 Å². The first-order valence-electron chi connectivity index (χ1n) is 16.3. The lowest BCUT2D eigenvalue weighted by Gasteiger charge is -2.34. The first kappa shape index (κ1) is 31.7. The summed E-state index contributed by atoms with van der Waals surface area (Å²) in [7, 11) is 0. The zero-order valence-electron chi connectivity index (χ0n) is 27.3. The van der Waals surface area contributed by atoms with E-state index in [0.29, 0.717) is 23.6 Å². The van der Waals surface area contributed by atoms with Gasteiger partial charge >= 0.3 is 0 Å². The summed E-state index contributed by atoms with van der Waals surface area (Å²) < 4.78 is 7.05. The highest BCUT2D eigenvalue weighted by Gasteiger charge is 2.43. The van der Waals surface area contributed by atoms with E-state index < -0.39 is 0 Å². The van der Waals surface area contributed by atoms with Gasteiger partial charge in [0.2, 0.25) is 0 Å². The molecule has 4 N–H and O–H groups in total. The Morgan fingerprint density at radius 2 is 1.79 bits per heavy atom. The highest BCUT2D eigenvalue weighted by atomic mass is 32.1. The van der Waals surface area contributed by atoms with Crippen molar-refractivity contribution < 1.29 is 9.53 Å². The molecular weight excluding hydrogens is 623 g/mol. The number of carbonyl (C=O) groups excluding carboxylic acids is 1. The molecule has 2 atom stereocenters.